The fourth-order valence-electron chi connectivity index (χ4n) is 5.03. The van der Waals surface area contributed by atoms with Crippen molar-refractivity contribution in [2.75, 3.05) is 20.3 Å². The summed E-state index contributed by atoms with van der Waals surface area (Å²) in [6, 6.07) is -2.29. The summed E-state index contributed by atoms with van der Waals surface area (Å²) in [5.41, 5.74) is 10.6. The first-order chi connectivity index (χ1) is 15.4. The van der Waals surface area contributed by atoms with Crippen LogP contribution in [0, 0.1) is 0 Å². The van der Waals surface area contributed by atoms with Crippen LogP contribution < -0.4 is 22.5 Å². The van der Waals surface area contributed by atoms with Gasteiger partial charge >= 0.3 is 0 Å². The summed E-state index contributed by atoms with van der Waals surface area (Å²) < 4.78 is 23.0. The normalized spacial score (nSPS) is 53.7. The minimum Gasteiger partial charge on any atom is -0.394 e. The number of hydrogen-bond donors (Lipinski definition) is 10. The van der Waals surface area contributed by atoms with Crippen LogP contribution in [0.2, 0.25) is 0 Å². The van der Waals surface area contributed by atoms with Crippen molar-refractivity contribution in [2.45, 2.75) is 98.4 Å². The number of aliphatic hydroxyl groups excluding tert-OH is 5. The molecule has 0 aromatic heterocycles. The molecule has 0 unspecified atom stereocenters. The van der Waals surface area contributed by atoms with Crippen molar-refractivity contribution in [3.8, 4) is 0 Å². The molecule has 0 amide bonds. The number of rotatable bonds is 6. The van der Waals surface area contributed by atoms with E-state index < -0.39 is 91.7 Å². The molecule has 2 aliphatic heterocycles. The highest BCUT2D eigenvalue weighted by Crippen LogP contribution is 2.30. The Morgan fingerprint density at radius 3 is 2.06 bits per heavy atom. The minimum absolute atomic E-state index is 0.0614. The van der Waals surface area contributed by atoms with Gasteiger partial charge in [0, 0.05) is 0 Å². The van der Waals surface area contributed by atoms with Crippen molar-refractivity contribution in [2.24, 2.45) is 0 Å². The summed E-state index contributed by atoms with van der Waals surface area (Å²) in [6.45, 7) is 0.973. The average Bonchev–Trinajstić information content (AvgIpc) is 2.75. The van der Waals surface area contributed by atoms with Gasteiger partial charge in [0.05, 0.1) is 26.7 Å². The molecule has 0 aromatic carbocycles. The van der Waals surface area contributed by atoms with Gasteiger partial charge in [-0.15, -0.1) is 0 Å². The molecule has 2 heterocycles. The van der Waals surface area contributed by atoms with Crippen LogP contribution in [-0.4, -0.2) is 136 Å². The molecule has 3 rings (SSSR count). The van der Waals surface area contributed by atoms with Gasteiger partial charge in [-0.2, -0.15) is 0 Å². The van der Waals surface area contributed by atoms with E-state index in [0.717, 1.165) is 0 Å². The van der Waals surface area contributed by atoms with Crippen LogP contribution in [0.15, 0.2) is 0 Å². The van der Waals surface area contributed by atoms with Gasteiger partial charge in [-0.3, -0.25) is 0 Å². The van der Waals surface area contributed by atoms with Gasteiger partial charge in [-0.1, -0.05) is 0 Å². The maximum Gasteiger partial charge on any atom is 0.214 e. The van der Waals surface area contributed by atoms with Crippen molar-refractivity contribution in [1.29, 1.82) is 0 Å². The molecular formula is C19H42N4O10+4. The number of likely N-dealkylation sites (N-methyl/N-ethyl adjacent to an activating group) is 1. The van der Waals surface area contributed by atoms with Crippen LogP contribution >= 0.6 is 0 Å². The Kier molecular flexibility index (Phi) is 8.68. The van der Waals surface area contributed by atoms with Gasteiger partial charge in [0.15, 0.2) is 18.4 Å². The lowest BCUT2D eigenvalue weighted by Crippen LogP contribution is -2.96. The van der Waals surface area contributed by atoms with Crippen molar-refractivity contribution < 1.29 is 72.1 Å². The van der Waals surface area contributed by atoms with E-state index >= 15 is 0 Å². The monoisotopic (exact) mass is 486 g/mol. The van der Waals surface area contributed by atoms with E-state index in [4.69, 9.17) is 18.9 Å². The van der Waals surface area contributed by atoms with Crippen molar-refractivity contribution in [1.82, 2.24) is 0 Å². The molecule has 14 atom stereocenters. The molecule has 2 saturated heterocycles. The van der Waals surface area contributed by atoms with Gasteiger partial charge in [0.1, 0.15) is 60.4 Å². The predicted molar refractivity (Wildman–Crippen MR) is 106 cm³/mol. The van der Waals surface area contributed by atoms with Gasteiger partial charge in [-0.25, -0.2) is 0 Å². The highest BCUT2D eigenvalue weighted by atomic mass is 16.7. The van der Waals surface area contributed by atoms with Crippen LogP contribution in [0.25, 0.3) is 0 Å². The molecule has 0 aromatic rings. The summed E-state index contributed by atoms with van der Waals surface area (Å²) in [7, 11) is 1.73. The number of hydrogen-bond acceptors (Lipinski definition) is 10. The fourth-order valence-corrected chi connectivity index (χ4v) is 5.03. The molecule has 1 saturated carbocycles. The lowest BCUT2D eigenvalue weighted by Gasteiger charge is -2.46. The molecule has 0 radical (unpaired) electrons. The number of ether oxygens (including phenoxy) is 4. The van der Waals surface area contributed by atoms with E-state index in [1.54, 1.807) is 19.3 Å². The largest absolute Gasteiger partial charge is 0.394 e. The van der Waals surface area contributed by atoms with Crippen LogP contribution in [0.1, 0.15) is 13.3 Å². The van der Waals surface area contributed by atoms with Crippen LogP contribution in [0.4, 0.5) is 0 Å². The summed E-state index contributed by atoms with van der Waals surface area (Å²) in [5, 5.41) is 63.7. The summed E-state index contributed by atoms with van der Waals surface area (Å²) in [6.07, 6.45) is -9.67. The third-order valence-electron chi connectivity index (χ3n) is 7.06. The van der Waals surface area contributed by atoms with E-state index in [-0.39, 0.29) is 6.61 Å². The number of aliphatic hydroxyl groups is 6. The fraction of sp³-hybridized carbons (Fsp3) is 1.00. The second-order valence-electron chi connectivity index (χ2n) is 9.70. The Morgan fingerprint density at radius 2 is 1.52 bits per heavy atom. The predicted octanol–water partition coefficient (Wildman–Crippen LogP) is -9.18. The maximum absolute atomic E-state index is 11.1. The summed E-state index contributed by atoms with van der Waals surface area (Å²) >= 11 is 0. The molecule has 0 spiro atoms. The van der Waals surface area contributed by atoms with E-state index in [1.165, 1.54) is 0 Å². The molecule has 3 aliphatic rings. The van der Waals surface area contributed by atoms with E-state index in [2.05, 4.69) is 17.2 Å². The quantitative estimate of drug-likeness (QED) is 0.169. The second kappa shape index (κ2) is 10.6. The topological polar surface area (TPSA) is 258 Å². The third kappa shape index (κ3) is 5.34. The van der Waals surface area contributed by atoms with E-state index in [1.807, 2.05) is 0 Å². The Labute approximate surface area is 191 Å². The van der Waals surface area contributed by atoms with Gasteiger partial charge < -0.3 is 72.1 Å². The van der Waals surface area contributed by atoms with Crippen LogP contribution in [0.3, 0.4) is 0 Å². The van der Waals surface area contributed by atoms with Crippen molar-refractivity contribution >= 4 is 0 Å². The molecule has 33 heavy (non-hydrogen) atoms. The molecular weight excluding hydrogens is 444 g/mol. The lowest BCUT2D eigenvalue weighted by molar-refractivity contribution is -0.695. The van der Waals surface area contributed by atoms with Crippen LogP contribution in [0.5, 0.6) is 0 Å². The Hall–Kier alpha value is -0.560. The molecule has 1 aliphatic carbocycles. The zero-order valence-corrected chi connectivity index (χ0v) is 19.1. The molecule has 14 nitrogen and oxygen atoms in total. The second-order valence-corrected chi connectivity index (χ2v) is 9.70. The molecule has 3 fully saturated rings. The Bertz CT molecular complexity index is 646. The summed E-state index contributed by atoms with van der Waals surface area (Å²) in [4.78, 5) is 0. The first kappa shape index (κ1) is 27.0. The van der Waals surface area contributed by atoms with Crippen LogP contribution in [-0.2, 0) is 18.9 Å². The molecule has 14 heteroatoms. The van der Waals surface area contributed by atoms with Gasteiger partial charge in [-0.05, 0) is 6.92 Å². The molecule has 0 bridgehead atoms. The highest BCUT2D eigenvalue weighted by molar-refractivity contribution is 4.98. The number of quaternary nitrogens is 4. The smallest absolute Gasteiger partial charge is 0.214 e. The zero-order valence-electron chi connectivity index (χ0n) is 19.1. The van der Waals surface area contributed by atoms with Crippen molar-refractivity contribution in [3.05, 3.63) is 0 Å². The molecule has 194 valence electrons. The van der Waals surface area contributed by atoms with E-state index in [0.29, 0.717) is 6.42 Å². The third-order valence-corrected chi connectivity index (χ3v) is 7.06. The zero-order chi connectivity index (χ0) is 24.7. The van der Waals surface area contributed by atoms with Crippen molar-refractivity contribution in [3.63, 3.8) is 0 Å². The average molecular weight is 487 g/mol. The highest BCUT2D eigenvalue weighted by Gasteiger charge is 2.55. The standard InChI is InChI=1S/C19H38N4O10/c1-19(29)5-30-18(13(28)16(19)23-2)33-15-7(21)3-6(20)14(12(15)27)32-17-9(22)11(26)10(25)8(4-24)31-17/h6-18,23-29H,3-5,20-22H2,1-2H3/p+4/t6-,7+,8+,9+,10+,11+,12-,13+,14+,15-,16+,17+,18+,19-/m0/s1. The van der Waals surface area contributed by atoms with Gasteiger partial charge in [0.25, 0.3) is 0 Å². The van der Waals surface area contributed by atoms with Gasteiger partial charge in [0.2, 0.25) is 6.29 Å². The summed E-state index contributed by atoms with van der Waals surface area (Å²) in [5.74, 6) is 0. The minimum atomic E-state index is -1.32. The number of nitrogens with two attached hydrogens (primary N) is 1. The van der Waals surface area contributed by atoms with E-state index in [9.17, 15) is 30.6 Å². The first-order valence-corrected chi connectivity index (χ1v) is 11.3. The SMILES string of the molecule is C[NH2+][C@@H]1[C@@H](O)[C@@H](O[C@@H]2[C@@H](O)[C@H](O[C@H]3O[C@H](CO)[C@@H](O)[C@H](O)[C@H]3[NH3+])[C@@H]([NH3+])C[C@H]2[NH3+])OC[C@]1(C)O. The Balaban J connectivity index is 1.71. The molecule has 17 N–H and O–H groups in total. The first-order valence-electron chi connectivity index (χ1n) is 11.3. The lowest BCUT2D eigenvalue weighted by atomic mass is 9.84. The maximum atomic E-state index is 11.1. The Morgan fingerprint density at radius 1 is 0.939 bits per heavy atom.